The maximum absolute atomic E-state index is 11.6. The molecule has 19 heavy (non-hydrogen) atoms. The number of halogens is 2. The van der Waals surface area contributed by atoms with Crippen molar-refractivity contribution in [1.29, 1.82) is 0 Å². The molecule has 0 bridgehead atoms. The number of morpholine rings is 1. The average molecular weight is 275 g/mol. The summed E-state index contributed by atoms with van der Waals surface area (Å²) in [6, 6.07) is 6.55. The molecular weight excluding hydrogens is 252 g/mol. The number of aryl methyl sites for hydroxylation is 1. The summed E-state index contributed by atoms with van der Waals surface area (Å²) in [6.07, 6.45) is 0. The highest BCUT2D eigenvalue weighted by Gasteiger charge is 2.02. The van der Waals surface area contributed by atoms with Crippen molar-refractivity contribution in [2.24, 2.45) is 0 Å². The maximum Gasteiger partial charge on any atom is 0.387 e. The van der Waals surface area contributed by atoms with E-state index in [1.165, 1.54) is 6.07 Å². The Hall–Kier alpha value is -1.20. The minimum atomic E-state index is -2.74. The number of hydrogen-bond acceptors (Lipinski definition) is 3. The van der Waals surface area contributed by atoms with E-state index in [4.69, 9.17) is 4.74 Å². The van der Waals surface area contributed by atoms with Crippen molar-refractivity contribution in [3.8, 4) is 5.75 Å². The minimum Gasteiger partial charge on any atom is -0.435 e. The van der Waals surface area contributed by atoms with E-state index in [0.717, 1.165) is 31.9 Å². The molecule has 2 rings (SSSR count). The molecule has 0 unspecified atom stereocenters. The summed E-state index contributed by atoms with van der Waals surface area (Å²) in [7, 11) is 0. The van der Waals surface area contributed by atoms with E-state index >= 15 is 0 Å². The van der Waals surface area contributed by atoms with Gasteiger partial charge >= 0.3 is 6.61 Å². The fourth-order valence-electron chi connectivity index (χ4n) is 1.31. The van der Waals surface area contributed by atoms with E-state index in [1.54, 1.807) is 12.1 Å². The number of hydrogen-bond donors (Lipinski definition) is 1. The third kappa shape index (κ3) is 10.4. The van der Waals surface area contributed by atoms with Crippen molar-refractivity contribution in [2.45, 2.75) is 27.4 Å². The molecule has 0 aromatic heterocycles. The second kappa shape index (κ2) is 11.9. The first kappa shape index (κ1) is 17.8. The molecule has 0 atom stereocenters. The van der Waals surface area contributed by atoms with E-state index in [0.29, 0.717) is 0 Å². The van der Waals surface area contributed by atoms with Gasteiger partial charge in [0, 0.05) is 13.1 Å². The van der Waals surface area contributed by atoms with Gasteiger partial charge in [-0.2, -0.15) is 8.78 Å². The highest BCUT2D eigenvalue weighted by atomic mass is 19.3. The molecule has 1 heterocycles. The topological polar surface area (TPSA) is 30.5 Å². The van der Waals surface area contributed by atoms with Crippen molar-refractivity contribution in [1.82, 2.24) is 5.32 Å². The van der Waals surface area contributed by atoms with Crippen molar-refractivity contribution in [3.05, 3.63) is 29.8 Å². The Kier molecular flexibility index (Phi) is 11.1. The van der Waals surface area contributed by atoms with Gasteiger partial charge in [-0.25, -0.2) is 0 Å². The van der Waals surface area contributed by atoms with Gasteiger partial charge in [-0.15, -0.1) is 0 Å². The Morgan fingerprint density at radius 3 is 2.21 bits per heavy atom. The van der Waals surface area contributed by atoms with Crippen LogP contribution in [-0.2, 0) is 4.74 Å². The zero-order chi connectivity index (χ0) is 14.5. The van der Waals surface area contributed by atoms with Crippen LogP contribution in [0.25, 0.3) is 0 Å². The first-order chi connectivity index (χ1) is 9.18. The van der Waals surface area contributed by atoms with Gasteiger partial charge in [-0.1, -0.05) is 26.0 Å². The third-order valence-corrected chi connectivity index (χ3v) is 2.06. The van der Waals surface area contributed by atoms with Crippen LogP contribution in [-0.4, -0.2) is 32.9 Å². The first-order valence-electron chi connectivity index (χ1n) is 6.48. The molecule has 1 fully saturated rings. The number of ether oxygens (including phenoxy) is 2. The predicted molar refractivity (Wildman–Crippen MR) is 72.8 cm³/mol. The normalized spacial score (nSPS) is 13.8. The van der Waals surface area contributed by atoms with Crippen LogP contribution in [0.15, 0.2) is 24.3 Å². The second-order valence-electron chi connectivity index (χ2n) is 3.56. The molecule has 0 aliphatic carbocycles. The van der Waals surface area contributed by atoms with Crippen LogP contribution >= 0.6 is 0 Å². The summed E-state index contributed by atoms with van der Waals surface area (Å²) in [5.41, 5.74) is 0.906. The van der Waals surface area contributed by atoms with E-state index < -0.39 is 6.61 Å². The monoisotopic (exact) mass is 275 g/mol. The van der Waals surface area contributed by atoms with Crippen LogP contribution in [0.2, 0.25) is 0 Å². The fourth-order valence-corrected chi connectivity index (χ4v) is 1.31. The molecule has 5 heteroatoms. The lowest BCUT2D eigenvalue weighted by Crippen LogP contribution is -2.30. The molecule has 0 spiro atoms. The van der Waals surface area contributed by atoms with Crippen molar-refractivity contribution < 1.29 is 18.3 Å². The molecule has 1 aromatic rings. The number of nitrogens with one attached hydrogen (secondary N) is 1. The lowest BCUT2D eigenvalue weighted by atomic mass is 10.2. The molecular formula is C14H23F2NO2. The lowest BCUT2D eigenvalue weighted by Gasteiger charge is -2.10. The predicted octanol–water partition coefficient (Wildman–Crippen LogP) is 3.23. The highest BCUT2D eigenvalue weighted by Crippen LogP contribution is 2.14. The van der Waals surface area contributed by atoms with Gasteiger partial charge in [0.25, 0.3) is 0 Å². The van der Waals surface area contributed by atoms with Crippen molar-refractivity contribution >= 4 is 0 Å². The second-order valence-corrected chi connectivity index (χ2v) is 3.56. The van der Waals surface area contributed by atoms with Crippen LogP contribution in [0.4, 0.5) is 8.78 Å². The van der Waals surface area contributed by atoms with E-state index in [9.17, 15) is 8.78 Å². The Morgan fingerprint density at radius 1 is 1.21 bits per heavy atom. The largest absolute Gasteiger partial charge is 0.435 e. The number of rotatable bonds is 2. The molecule has 1 saturated heterocycles. The van der Waals surface area contributed by atoms with Crippen LogP contribution < -0.4 is 10.1 Å². The Labute approximate surface area is 113 Å². The minimum absolute atomic E-state index is 0.208. The standard InChI is InChI=1S/C8H8F2O.C4H9NO.C2H6/c1-6-3-2-4-7(5-6)11-8(9)10;1-3-6-4-2-5-1;1-2/h2-5,8H,1H3;5H,1-4H2;1-2H3. The molecule has 1 aliphatic heterocycles. The molecule has 1 N–H and O–H groups in total. The van der Waals surface area contributed by atoms with E-state index in [1.807, 2.05) is 26.8 Å². The molecule has 1 aliphatic rings. The zero-order valence-electron chi connectivity index (χ0n) is 11.8. The smallest absolute Gasteiger partial charge is 0.387 e. The Balaban J connectivity index is 0.000000341. The van der Waals surface area contributed by atoms with Gasteiger partial charge in [-0.05, 0) is 24.6 Å². The first-order valence-corrected chi connectivity index (χ1v) is 6.48. The fraction of sp³-hybridized carbons (Fsp3) is 0.571. The van der Waals surface area contributed by atoms with E-state index in [-0.39, 0.29) is 5.75 Å². The van der Waals surface area contributed by atoms with Gasteiger partial charge in [0.2, 0.25) is 0 Å². The average Bonchev–Trinajstić information content (AvgIpc) is 2.43. The summed E-state index contributed by atoms with van der Waals surface area (Å²) in [6.45, 7) is 6.91. The van der Waals surface area contributed by atoms with Crippen molar-refractivity contribution in [3.63, 3.8) is 0 Å². The quantitative estimate of drug-likeness (QED) is 0.899. The van der Waals surface area contributed by atoms with Crippen LogP contribution in [0.1, 0.15) is 19.4 Å². The van der Waals surface area contributed by atoms with Crippen LogP contribution in [0.5, 0.6) is 5.75 Å². The summed E-state index contributed by atoms with van der Waals surface area (Å²) in [5, 5.41) is 3.16. The zero-order valence-corrected chi connectivity index (χ0v) is 11.8. The van der Waals surface area contributed by atoms with Crippen LogP contribution in [0, 0.1) is 6.92 Å². The lowest BCUT2D eigenvalue weighted by molar-refractivity contribution is -0.0498. The third-order valence-electron chi connectivity index (χ3n) is 2.06. The molecule has 0 saturated carbocycles. The van der Waals surface area contributed by atoms with Gasteiger partial charge in [0.1, 0.15) is 5.75 Å². The molecule has 0 radical (unpaired) electrons. The van der Waals surface area contributed by atoms with Gasteiger partial charge in [0.15, 0.2) is 0 Å². The Morgan fingerprint density at radius 2 is 1.84 bits per heavy atom. The molecule has 1 aromatic carbocycles. The summed E-state index contributed by atoms with van der Waals surface area (Å²) in [4.78, 5) is 0. The summed E-state index contributed by atoms with van der Waals surface area (Å²) >= 11 is 0. The molecule has 0 amide bonds. The van der Waals surface area contributed by atoms with Gasteiger partial charge < -0.3 is 14.8 Å². The highest BCUT2D eigenvalue weighted by molar-refractivity contribution is 5.27. The van der Waals surface area contributed by atoms with Crippen molar-refractivity contribution in [2.75, 3.05) is 26.3 Å². The molecule has 110 valence electrons. The van der Waals surface area contributed by atoms with Gasteiger partial charge in [-0.3, -0.25) is 0 Å². The van der Waals surface area contributed by atoms with E-state index in [2.05, 4.69) is 10.1 Å². The SMILES string of the molecule is C1COCCN1.CC.Cc1cccc(OC(F)F)c1. The number of alkyl halides is 2. The maximum atomic E-state index is 11.6. The van der Waals surface area contributed by atoms with Gasteiger partial charge in [0.05, 0.1) is 13.2 Å². The summed E-state index contributed by atoms with van der Waals surface area (Å²) in [5.74, 6) is 0.208. The van der Waals surface area contributed by atoms with Crippen LogP contribution in [0.3, 0.4) is 0 Å². The Bertz CT molecular complexity index is 307. The molecule has 3 nitrogen and oxygen atoms in total. The number of benzene rings is 1. The summed E-state index contributed by atoms with van der Waals surface area (Å²) < 4.78 is 32.4.